The SMILES string of the molecule is CC1(C2CC2)CN(c2cncc(Br)c2)CCCN1. The average molecular weight is 310 g/mol. The van der Waals surface area contributed by atoms with Gasteiger partial charge in [-0.1, -0.05) is 0 Å². The van der Waals surface area contributed by atoms with Crippen LogP contribution >= 0.6 is 15.9 Å². The third-order valence-electron chi connectivity index (χ3n) is 4.19. The molecule has 4 heteroatoms. The van der Waals surface area contributed by atoms with E-state index in [4.69, 9.17) is 0 Å². The molecule has 2 heterocycles. The monoisotopic (exact) mass is 309 g/mol. The van der Waals surface area contributed by atoms with Crippen molar-refractivity contribution in [1.29, 1.82) is 0 Å². The molecule has 1 unspecified atom stereocenters. The molecule has 1 atom stereocenters. The number of hydrogen-bond donors (Lipinski definition) is 1. The fourth-order valence-corrected chi connectivity index (χ4v) is 3.32. The Bertz CT molecular complexity index is 433. The zero-order valence-corrected chi connectivity index (χ0v) is 12.4. The van der Waals surface area contributed by atoms with Crippen LogP contribution in [0.4, 0.5) is 5.69 Å². The van der Waals surface area contributed by atoms with E-state index >= 15 is 0 Å². The molecular weight excluding hydrogens is 290 g/mol. The minimum absolute atomic E-state index is 0.277. The third-order valence-corrected chi connectivity index (χ3v) is 4.62. The molecule has 3 nitrogen and oxygen atoms in total. The van der Waals surface area contributed by atoms with Gasteiger partial charge in [0.05, 0.1) is 11.9 Å². The Labute approximate surface area is 117 Å². The van der Waals surface area contributed by atoms with E-state index in [1.54, 1.807) is 0 Å². The Kier molecular flexibility index (Phi) is 3.32. The van der Waals surface area contributed by atoms with Crippen LogP contribution in [0.5, 0.6) is 0 Å². The van der Waals surface area contributed by atoms with Crippen molar-refractivity contribution in [2.24, 2.45) is 5.92 Å². The van der Waals surface area contributed by atoms with Crippen LogP contribution in [0.15, 0.2) is 22.9 Å². The molecule has 1 aliphatic heterocycles. The number of pyridine rings is 1. The number of aromatic nitrogens is 1. The van der Waals surface area contributed by atoms with Crippen molar-refractivity contribution in [3.8, 4) is 0 Å². The van der Waals surface area contributed by atoms with Gasteiger partial charge in [0.1, 0.15) is 0 Å². The summed E-state index contributed by atoms with van der Waals surface area (Å²) < 4.78 is 1.06. The molecule has 18 heavy (non-hydrogen) atoms. The van der Waals surface area contributed by atoms with Gasteiger partial charge >= 0.3 is 0 Å². The highest BCUT2D eigenvalue weighted by atomic mass is 79.9. The number of halogens is 1. The summed E-state index contributed by atoms with van der Waals surface area (Å²) in [5.74, 6) is 0.859. The molecule has 0 amide bonds. The first-order chi connectivity index (χ1) is 8.67. The molecular formula is C14H20BrN3. The highest BCUT2D eigenvalue weighted by molar-refractivity contribution is 9.10. The number of nitrogens with zero attached hydrogens (tertiary/aromatic N) is 2. The van der Waals surface area contributed by atoms with E-state index in [0.717, 1.165) is 30.0 Å². The van der Waals surface area contributed by atoms with Gasteiger partial charge < -0.3 is 10.2 Å². The first-order valence-electron chi connectivity index (χ1n) is 6.78. The van der Waals surface area contributed by atoms with E-state index in [2.05, 4.69) is 44.1 Å². The van der Waals surface area contributed by atoms with Gasteiger partial charge in [-0.15, -0.1) is 0 Å². The van der Waals surface area contributed by atoms with Crippen molar-refractivity contribution < 1.29 is 0 Å². The van der Waals surface area contributed by atoms with Gasteiger partial charge in [0.15, 0.2) is 0 Å². The predicted octanol–water partition coefficient (Wildman–Crippen LogP) is 2.81. The number of anilines is 1. The summed E-state index contributed by atoms with van der Waals surface area (Å²) in [7, 11) is 0. The van der Waals surface area contributed by atoms with Crippen molar-refractivity contribution in [2.45, 2.75) is 31.7 Å². The van der Waals surface area contributed by atoms with Crippen LogP contribution < -0.4 is 10.2 Å². The van der Waals surface area contributed by atoms with Crippen molar-refractivity contribution in [3.63, 3.8) is 0 Å². The first-order valence-corrected chi connectivity index (χ1v) is 7.57. The predicted molar refractivity (Wildman–Crippen MR) is 77.9 cm³/mol. The number of rotatable bonds is 2. The summed E-state index contributed by atoms with van der Waals surface area (Å²) in [5, 5.41) is 3.76. The normalized spacial score (nSPS) is 29.1. The highest BCUT2D eigenvalue weighted by Gasteiger charge is 2.43. The van der Waals surface area contributed by atoms with Gasteiger partial charge in [-0.2, -0.15) is 0 Å². The lowest BCUT2D eigenvalue weighted by atomic mass is 9.95. The van der Waals surface area contributed by atoms with Gasteiger partial charge in [0.25, 0.3) is 0 Å². The van der Waals surface area contributed by atoms with E-state index in [-0.39, 0.29) is 5.54 Å². The summed E-state index contributed by atoms with van der Waals surface area (Å²) in [6, 6.07) is 2.17. The topological polar surface area (TPSA) is 28.2 Å². The summed E-state index contributed by atoms with van der Waals surface area (Å²) in [6.07, 6.45) is 7.79. The van der Waals surface area contributed by atoms with Crippen molar-refractivity contribution >= 4 is 21.6 Å². The Balaban J connectivity index is 1.82. The zero-order chi connectivity index (χ0) is 12.6. The van der Waals surface area contributed by atoms with Crippen molar-refractivity contribution in [3.05, 3.63) is 22.9 Å². The molecule has 98 valence electrons. The molecule has 1 saturated carbocycles. The Hall–Kier alpha value is -0.610. The maximum atomic E-state index is 4.29. The summed E-state index contributed by atoms with van der Waals surface area (Å²) >= 11 is 3.51. The van der Waals surface area contributed by atoms with E-state index in [0.29, 0.717) is 0 Å². The molecule has 3 rings (SSSR count). The molecule has 1 saturated heterocycles. The summed E-state index contributed by atoms with van der Waals surface area (Å²) in [5.41, 5.74) is 1.51. The lowest BCUT2D eigenvalue weighted by Crippen LogP contribution is -2.51. The van der Waals surface area contributed by atoms with Crippen LogP contribution in [-0.2, 0) is 0 Å². The van der Waals surface area contributed by atoms with E-state index < -0.39 is 0 Å². The first kappa shape index (κ1) is 12.4. The maximum absolute atomic E-state index is 4.29. The van der Waals surface area contributed by atoms with Crippen LogP contribution in [-0.4, -0.2) is 30.2 Å². The van der Waals surface area contributed by atoms with Gasteiger partial charge in [-0.05, 0) is 60.6 Å². The fraction of sp³-hybridized carbons (Fsp3) is 0.643. The largest absolute Gasteiger partial charge is 0.368 e. The standard InChI is InChI=1S/C14H20BrN3/c1-14(11-3-4-11)10-18(6-2-5-17-14)13-7-12(15)8-16-9-13/h7-9,11,17H,2-6,10H2,1H3. The van der Waals surface area contributed by atoms with Crippen molar-refractivity contribution in [1.82, 2.24) is 10.3 Å². The second-order valence-electron chi connectivity index (χ2n) is 5.75. The maximum Gasteiger partial charge on any atom is 0.0564 e. The molecule has 1 N–H and O–H groups in total. The van der Waals surface area contributed by atoms with Crippen LogP contribution in [0.1, 0.15) is 26.2 Å². The van der Waals surface area contributed by atoms with Crippen LogP contribution in [0.25, 0.3) is 0 Å². The lowest BCUT2D eigenvalue weighted by molar-refractivity contribution is 0.331. The average Bonchev–Trinajstić information content (AvgIpc) is 3.15. The Morgan fingerprint density at radius 3 is 3.00 bits per heavy atom. The second kappa shape index (κ2) is 4.82. The van der Waals surface area contributed by atoms with Gasteiger partial charge in [0.2, 0.25) is 0 Å². The molecule has 0 spiro atoms. The Morgan fingerprint density at radius 1 is 1.44 bits per heavy atom. The molecule has 1 aromatic heterocycles. The van der Waals surface area contributed by atoms with E-state index in [1.807, 2.05) is 12.4 Å². The minimum atomic E-state index is 0.277. The van der Waals surface area contributed by atoms with Crippen LogP contribution in [0.3, 0.4) is 0 Å². The fourth-order valence-electron chi connectivity index (χ4n) is 2.96. The highest BCUT2D eigenvalue weighted by Crippen LogP contribution is 2.41. The number of nitrogens with one attached hydrogen (secondary N) is 1. The third kappa shape index (κ3) is 2.54. The molecule has 0 aromatic carbocycles. The van der Waals surface area contributed by atoms with Gasteiger partial charge in [0, 0.05) is 29.3 Å². The molecule has 1 aliphatic carbocycles. The summed E-state index contributed by atoms with van der Waals surface area (Å²) in [6.45, 7) is 5.72. The Morgan fingerprint density at radius 2 is 2.28 bits per heavy atom. The van der Waals surface area contributed by atoms with Gasteiger partial charge in [-0.3, -0.25) is 4.98 Å². The molecule has 0 bridgehead atoms. The van der Waals surface area contributed by atoms with E-state index in [1.165, 1.54) is 24.9 Å². The molecule has 2 fully saturated rings. The minimum Gasteiger partial charge on any atom is -0.368 e. The summed E-state index contributed by atoms with van der Waals surface area (Å²) in [4.78, 5) is 6.77. The van der Waals surface area contributed by atoms with Crippen molar-refractivity contribution in [2.75, 3.05) is 24.5 Å². The smallest absolute Gasteiger partial charge is 0.0564 e. The quantitative estimate of drug-likeness (QED) is 0.910. The lowest BCUT2D eigenvalue weighted by Gasteiger charge is -2.35. The number of hydrogen-bond acceptors (Lipinski definition) is 3. The zero-order valence-electron chi connectivity index (χ0n) is 10.8. The van der Waals surface area contributed by atoms with Crippen LogP contribution in [0.2, 0.25) is 0 Å². The molecule has 2 aliphatic rings. The molecule has 0 radical (unpaired) electrons. The van der Waals surface area contributed by atoms with Gasteiger partial charge in [-0.25, -0.2) is 0 Å². The van der Waals surface area contributed by atoms with E-state index in [9.17, 15) is 0 Å². The molecule has 1 aromatic rings. The van der Waals surface area contributed by atoms with Crippen LogP contribution in [0, 0.1) is 5.92 Å². The second-order valence-corrected chi connectivity index (χ2v) is 6.67.